The average Bonchev–Trinajstić information content (AvgIpc) is 3.57. The minimum atomic E-state index is -1.27. The molecule has 0 radical (unpaired) electrons. The van der Waals surface area contributed by atoms with Crippen molar-refractivity contribution in [2.45, 2.75) is 25.0 Å². The summed E-state index contributed by atoms with van der Waals surface area (Å²) in [6.07, 6.45) is -1.16. The van der Waals surface area contributed by atoms with E-state index in [1.807, 2.05) is 12.1 Å². The number of amides is 2. The molecule has 10 nitrogen and oxygen atoms in total. The number of nitrogens with zero attached hydrogens (tertiary/aromatic N) is 4. The second kappa shape index (κ2) is 16.5. The number of aryl methyl sites for hydroxylation is 2. The third kappa shape index (κ3) is 9.86. The van der Waals surface area contributed by atoms with Gasteiger partial charge in [-0.05, 0) is 22.6 Å². The van der Waals surface area contributed by atoms with Gasteiger partial charge in [-0.2, -0.15) is 38.8 Å². The molecular weight excluding hydrogens is 597 g/mol. The summed E-state index contributed by atoms with van der Waals surface area (Å²) in [5.74, 6) is 0.512. The van der Waals surface area contributed by atoms with E-state index in [0.29, 0.717) is 34.2 Å². The number of anilines is 2. The topological polar surface area (TPSA) is 150 Å². The predicted molar refractivity (Wildman–Crippen MR) is 165 cm³/mol. The molecule has 39 heavy (non-hydrogen) atoms. The lowest BCUT2D eigenvalue weighted by molar-refractivity contribution is -0.124. The molecule has 0 saturated carbocycles. The van der Waals surface area contributed by atoms with Crippen molar-refractivity contribution in [2.75, 3.05) is 22.1 Å². The number of carbonyl (C=O) groups is 2. The summed E-state index contributed by atoms with van der Waals surface area (Å²) in [4.78, 5) is 24.5. The molecule has 4 rings (SSSR count). The number of nitrogens with one attached hydrogen (secondary N) is 2. The fourth-order valence-electron chi connectivity index (χ4n) is 3.15. The zero-order valence-corrected chi connectivity index (χ0v) is 24.9. The first-order chi connectivity index (χ1) is 18.0. The number of thioether (sulfide) groups is 1. The summed E-state index contributed by atoms with van der Waals surface area (Å²) in [5.41, 5.74) is 1.02. The van der Waals surface area contributed by atoms with E-state index in [4.69, 9.17) is 0 Å². The Hall–Kier alpha value is -2.53. The number of hydrogen-bond donors (Lipinski definition) is 4. The smallest absolute Gasteiger partial charge is 0.259 e. The molecule has 0 unspecified atom stereocenters. The van der Waals surface area contributed by atoms with E-state index in [0.717, 1.165) is 21.5 Å². The predicted octanol–water partition coefficient (Wildman–Crippen LogP) is 3.48. The van der Waals surface area contributed by atoms with Crippen molar-refractivity contribution < 1.29 is 19.8 Å². The summed E-state index contributed by atoms with van der Waals surface area (Å²) in [5, 5.41) is 44.0. The fourth-order valence-corrected chi connectivity index (χ4v) is 5.77. The van der Waals surface area contributed by atoms with Gasteiger partial charge in [-0.25, -0.2) is 0 Å². The van der Waals surface area contributed by atoms with Gasteiger partial charge in [0, 0.05) is 12.8 Å². The van der Waals surface area contributed by atoms with Crippen molar-refractivity contribution in [2.24, 2.45) is 0 Å². The number of benzene rings is 2. The molecule has 2 aromatic heterocycles. The highest BCUT2D eigenvalue weighted by Gasteiger charge is 2.20. The minimum absolute atomic E-state index is 0. The van der Waals surface area contributed by atoms with Crippen molar-refractivity contribution >= 4 is 83.5 Å². The lowest BCUT2D eigenvalue weighted by Crippen LogP contribution is -2.20. The number of aliphatic hydroxyl groups is 2. The SMILES string of the molecule is O=C(Nc1nnc(CCSCCc2nnc(NC(=O)[C@@H](O)c3ccccc3)s2)s1)[C@@H](O)c1ccccc1.S.S. The van der Waals surface area contributed by atoms with E-state index < -0.39 is 24.0 Å². The highest BCUT2D eigenvalue weighted by Crippen LogP contribution is 2.22. The van der Waals surface area contributed by atoms with Crippen LogP contribution in [0.15, 0.2) is 60.7 Å². The van der Waals surface area contributed by atoms with Crippen LogP contribution in [0.25, 0.3) is 0 Å². The van der Waals surface area contributed by atoms with Gasteiger partial charge in [-0.15, -0.1) is 20.4 Å². The Balaban J connectivity index is 0.00000267. The Morgan fingerprint density at radius 1 is 0.692 bits per heavy atom. The first-order valence-corrected chi connectivity index (χ1v) is 14.1. The van der Waals surface area contributed by atoms with Crippen LogP contribution in [0.2, 0.25) is 0 Å². The second-order valence-corrected chi connectivity index (χ2v) is 11.1. The van der Waals surface area contributed by atoms with Crippen molar-refractivity contribution in [1.82, 2.24) is 20.4 Å². The molecule has 0 saturated heterocycles. The molecule has 2 heterocycles. The van der Waals surface area contributed by atoms with E-state index in [9.17, 15) is 19.8 Å². The molecule has 0 bridgehead atoms. The molecule has 4 aromatic rings. The van der Waals surface area contributed by atoms with Gasteiger partial charge < -0.3 is 10.2 Å². The first kappa shape index (κ1) is 32.7. The van der Waals surface area contributed by atoms with Gasteiger partial charge in [-0.3, -0.25) is 20.2 Å². The highest BCUT2D eigenvalue weighted by atomic mass is 32.2. The largest absolute Gasteiger partial charge is 0.378 e. The third-order valence-corrected chi connectivity index (χ3v) is 7.82. The Bertz CT molecular complexity index is 1210. The van der Waals surface area contributed by atoms with Crippen molar-refractivity contribution in [1.29, 1.82) is 0 Å². The van der Waals surface area contributed by atoms with E-state index in [-0.39, 0.29) is 27.0 Å². The molecule has 0 aliphatic heterocycles. The molecule has 0 aliphatic carbocycles. The quantitative estimate of drug-likeness (QED) is 0.174. The Labute approximate surface area is 251 Å². The van der Waals surface area contributed by atoms with Gasteiger partial charge in [0.05, 0.1) is 0 Å². The van der Waals surface area contributed by atoms with Crippen LogP contribution in [0.1, 0.15) is 33.4 Å². The molecule has 4 N–H and O–H groups in total. The van der Waals surface area contributed by atoms with Crippen molar-refractivity contribution in [3.8, 4) is 0 Å². The monoisotopic (exact) mass is 624 g/mol. The molecule has 208 valence electrons. The van der Waals surface area contributed by atoms with E-state index in [1.54, 1.807) is 60.3 Å². The first-order valence-electron chi connectivity index (χ1n) is 11.3. The zero-order valence-electron chi connectivity index (χ0n) is 20.5. The molecule has 2 aromatic carbocycles. The summed E-state index contributed by atoms with van der Waals surface area (Å²) < 4.78 is 0. The number of carbonyl (C=O) groups excluding carboxylic acids is 2. The van der Waals surface area contributed by atoms with E-state index in [1.165, 1.54) is 22.7 Å². The van der Waals surface area contributed by atoms with Gasteiger partial charge in [0.1, 0.15) is 10.0 Å². The van der Waals surface area contributed by atoms with Gasteiger partial charge >= 0.3 is 0 Å². The highest BCUT2D eigenvalue weighted by molar-refractivity contribution is 7.99. The molecule has 0 aliphatic rings. The second-order valence-electron chi connectivity index (χ2n) is 7.72. The van der Waals surface area contributed by atoms with Crippen LogP contribution in [0, 0.1) is 0 Å². The summed E-state index contributed by atoms with van der Waals surface area (Å²) in [6, 6.07) is 17.4. The van der Waals surface area contributed by atoms with Crippen LogP contribution in [0.5, 0.6) is 0 Å². The molecule has 2 atom stereocenters. The maximum atomic E-state index is 12.2. The van der Waals surface area contributed by atoms with Crippen molar-refractivity contribution in [3.63, 3.8) is 0 Å². The zero-order chi connectivity index (χ0) is 26.0. The maximum absolute atomic E-state index is 12.2. The minimum Gasteiger partial charge on any atom is -0.378 e. The number of rotatable bonds is 12. The molecule has 0 fully saturated rings. The normalized spacial score (nSPS) is 11.9. The van der Waals surface area contributed by atoms with Crippen LogP contribution in [0.3, 0.4) is 0 Å². The third-order valence-electron chi connectivity index (χ3n) is 5.04. The van der Waals surface area contributed by atoms with Gasteiger partial charge in [-0.1, -0.05) is 83.3 Å². The maximum Gasteiger partial charge on any atom is 0.259 e. The molecule has 0 spiro atoms. The fraction of sp³-hybridized carbons (Fsp3) is 0.250. The summed E-state index contributed by atoms with van der Waals surface area (Å²) in [6.45, 7) is 0. The van der Waals surface area contributed by atoms with E-state index in [2.05, 4.69) is 31.0 Å². The van der Waals surface area contributed by atoms with Gasteiger partial charge in [0.25, 0.3) is 11.8 Å². The average molecular weight is 625 g/mol. The lowest BCUT2D eigenvalue weighted by atomic mass is 10.1. The van der Waals surface area contributed by atoms with Crippen molar-refractivity contribution in [3.05, 3.63) is 81.8 Å². The number of aromatic nitrogens is 4. The van der Waals surface area contributed by atoms with Crippen LogP contribution >= 0.6 is 61.4 Å². The molecule has 15 heteroatoms. The van der Waals surface area contributed by atoms with E-state index >= 15 is 0 Å². The van der Waals surface area contributed by atoms with Crippen LogP contribution in [0.4, 0.5) is 10.3 Å². The number of aliphatic hydroxyl groups excluding tert-OH is 2. The molecular formula is C24H28N6O4S5. The Morgan fingerprint density at radius 3 is 1.46 bits per heavy atom. The Morgan fingerprint density at radius 2 is 1.08 bits per heavy atom. The van der Waals surface area contributed by atoms with Crippen LogP contribution < -0.4 is 10.6 Å². The standard InChI is InChI=1S/C24H24N6O4S3.2H2S/c31-19(15-7-3-1-4-8-15)21(33)25-23-29-27-17(36-23)11-13-35-14-12-18-28-30-24(37-18)26-22(34)20(32)16-9-5-2-6-10-16;;/h1-10,19-20,31-32H,11-14H2,(H,25,29,33)(H,26,30,34);2*1H2/t19-,20-;;/m0../s1. The van der Waals surface area contributed by atoms with Crippen LogP contribution in [-0.2, 0) is 22.4 Å². The molecule has 2 amide bonds. The summed E-state index contributed by atoms with van der Waals surface area (Å²) in [7, 11) is 0. The van der Waals surface area contributed by atoms with Gasteiger partial charge in [0.15, 0.2) is 12.2 Å². The summed E-state index contributed by atoms with van der Waals surface area (Å²) >= 11 is 4.27. The Kier molecular flexibility index (Phi) is 13.9. The number of hydrogen-bond acceptors (Lipinski definition) is 11. The van der Waals surface area contributed by atoms with Gasteiger partial charge in [0.2, 0.25) is 10.3 Å². The lowest BCUT2D eigenvalue weighted by Gasteiger charge is -2.09. The van der Waals surface area contributed by atoms with Crippen LogP contribution in [-0.4, -0.2) is 53.9 Å².